The highest BCUT2D eigenvalue weighted by Crippen LogP contribution is 2.23. The zero-order valence-corrected chi connectivity index (χ0v) is 7.07. The van der Waals surface area contributed by atoms with Gasteiger partial charge in [0.05, 0.1) is 0 Å². The molecule has 0 spiro atoms. The fourth-order valence-corrected chi connectivity index (χ4v) is 1.23. The average molecular weight is 169 g/mol. The van der Waals surface area contributed by atoms with Gasteiger partial charge in [-0.3, -0.25) is 4.98 Å². The van der Waals surface area contributed by atoms with Crippen molar-refractivity contribution in [1.82, 2.24) is 4.98 Å². The molecule has 0 bridgehead atoms. The summed E-state index contributed by atoms with van der Waals surface area (Å²) in [7, 11) is 0. The molecule has 2 N–H and O–H groups in total. The topological polar surface area (TPSA) is 38.9 Å². The number of benzene rings is 1. The fraction of sp³-hybridized carbons (Fsp3) is 0. The van der Waals surface area contributed by atoms with Crippen LogP contribution >= 0.6 is 0 Å². The minimum atomic E-state index is 0.768. The molecule has 1 aromatic carbocycles. The number of aromatic nitrogens is 1. The van der Waals surface area contributed by atoms with E-state index in [-0.39, 0.29) is 0 Å². The minimum Gasteiger partial charge on any atom is -0.398 e. The summed E-state index contributed by atoms with van der Waals surface area (Å²) >= 11 is 0. The predicted molar refractivity (Wildman–Crippen MR) is 52.9 cm³/mol. The van der Waals surface area contributed by atoms with E-state index < -0.39 is 0 Å². The van der Waals surface area contributed by atoms with Gasteiger partial charge in [0.15, 0.2) is 0 Å². The third-order valence-electron chi connectivity index (χ3n) is 1.87. The lowest BCUT2D eigenvalue weighted by molar-refractivity contribution is 1.32. The molecule has 13 heavy (non-hydrogen) atoms. The van der Waals surface area contributed by atoms with Gasteiger partial charge in [-0.1, -0.05) is 18.2 Å². The molecule has 2 aromatic rings. The van der Waals surface area contributed by atoms with Gasteiger partial charge in [0, 0.05) is 35.3 Å². The van der Waals surface area contributed by atoms with E-state index in [1.165, 1.54) is 0 Å². The number of anilines is 1. The highest BCUT2D eigenvalue weighted by atomic mass is 14.6. The Bertz CT molecular complexity index is 396. The quantitative estimate of drug-likeness (QED) is 0.664. The van der Waals surface area contributed by atoms with Crippen molar-refractivity contribution in [3.05, 3.63) is 48.8 Å². The number of pyridine rings is 1. The molecule has 1 aromatic heterocycles. The smallest absolute Gasteiger partial charge is 0.0394 e. The molecular formula is C11H9N2. The van der Waals surface area contributed by atoms with Crippen molar-refractivity contribution in [3.8, 4) is 11.1 Å². The first-order chi connectivity index (χ1) is 6.38. The number of hydrogen-bond donors (Lipinski definition) is 1. The molecule has 0 unspecified atom stereocenters. The maximum absolute atomic E-state index is 5.81. The van der Waals surface area contributed by atoms with Crippen LogP contribution in [-0.2, 0) is 0 Å². The van der Waals surface area contributed by atoms with Gasteiger partial charge in [-0.15, -0.1) is 0 Å². The first-order valence-corrected chi connectivity index (χ1v) is 4.04. The monoisotopic (exact) mass is 169 g/mol. The molecular weight excluding hydrogens is 160 g/mol. The number of rotatable bonds is 1. The van der Waals surface area contributed by atoms with Crippen LogP contribution < -0.4 is 5.73 Å². The molecule has 0 fully saturated rings. The number of nitrogens with zero attached hydrogens (tertiary/aromatic N) is 1. The molecule has 0 saturated heterocycles. The third kappa shape index (κ3) is 1.51. The highest BCUT2D eigenvalue weighted by Gasteiger charge is 1.99. The number of hydrogen-bond acceptors (Lipinski definition) is 2. The molecule has 0 saturated carbocycles. The van der Waals surface area contributed by atoms with Crippen LogP contribution in [0.1, 0.15) is 0 Å². The van der Waals surface area contributed by atoms with Gasteiger partial charge in [-0.2, -0.15) is 0 Å². The lowest BCUT2D eigenvalue weighted by Crippen LogP contribution is -1.89. The second-order valence-electron chi connectivity index (χ2n) is 2.76. The van der Waals surface area contributed by atoms with Crippen molar-refractivity contribution in [2.75, 3.05) is 5.73 Å². The Morgan fingerprint density at radius 1 is 1.23 bits per heavy atom. The van der Waals surface area contributed by atoms with Crippen molar-refractivity contribution < 1.29 is 0 Å². The summed E-state index contributed by atoms with van der Waals surface area (Å²) in [5.74, 6) is 0. The van der Waals surface area contributed by atoms with Crippen LogP contribution in [0.5, 0.6) is 0 Å². The van der Waals surface area contributed by atoms with Crippen LogP contribution in [0, 0.1) is 6.07 Å². The fourth-order valence-electron chi connectivity index (χ4n) is 1.23. The predicted octanol–water partition coefficient (Wildman–Crippen LogP) is 2.13. The third-order valence-corrected chi connectivity index (χ3v) is 1.87. The maximum Gasteiger partial charge on any atom is 0.0394 e. The van der Waals surface area contributed by atoms with Gasteiger partial charge in [-0.25, -0.2) is 0 Å². The van der Waals surface area contributed by atoms with E-state index >= 15 is 0 Å². The lowest BCUT2D eigenvalue weighted by atomic mass is 10.1. The van der Waals surface area contributed by atoms with Gasteiger partial charge in [-0.05, 0) is 12.1 Å². The molecule has 0 atom stereocenters. The summed E-state index contributed by atoms with van der Waals surface area (Å²) in [6, 6.07) is 12.5. The van der Waals surface area contributed by atoms with E-state index in [1.807, 2.05) is 30.3 Å². The van der Waals surface area contributed by atoms with Gasteiger partial charge in [0.25, 0.3) is 0 Å². The first-order valence-electron chi connectivity index (χ1n) is 4.04. The van der Waals surface area contributed by atoms with Crippen LogP contribution in [0.25, 0.3) is 11.1 Å². The van der Waals surface area contributed by atoms with Gasteiger partial charge < -0.3 is 5.73 Å². The standard InChI is InChI=1S/C11H9N2/c12-11-6-2-1-5-10(11)9-4-3-7-13-8-9/h1-2,4-8H,12H2. The van der Waals surface area contributed by atoms with Crippen LogP contribution in [0.15, 0.2) is 42.7 Å². The van der Waals surface area contributed by atoms with E-state index in [1.54, 1.807) is 12.4 Å². The van der Waals surface area contributed by atoms with E-state index in [0.29, 0.717) is 0 Å². The zero-order chi connectivity index (χ0) is 9.10. The Kier molecular flexibility index (Phi) is 1.96. The van der Waals surface area contributed by atoms with Crippen LogP contribution in [0.3, 0.4) is 0 Å². The minimum absolute atomic E-state index is 0.768. The van der Waals surface area contributed by atoms with Crippen molar-refractivity contribution in [1.29, 1.82) is 0 Å². The molecule has 2 heteroatoms. The van der Waals surface area contributed by atoms with Gasteiger partial charge in [0.2, 0.25) is 0 Å². The van der Waals surface area contributed by atoms with E-state index in [9.17, 15) is 0 Å². The summed E-state index contributed by atoms with van der Waals surface area (Å²) in [5.41, 5.74) is 8.59. The molecule has 1 radical (unpaired) electrons. The summed E-state index contributed by atoms with van der Waals surface area (Å²) < 4.78 is 0. The van der Waals surface area contributed by atoms with Crippen molar-refractivity contribution in [2.45, 2.75) is 0 Å². The second-order valence-corrected chi connectivity index (χ2v) is 2.76. The average Bonchev–Trinajstić information content (AvgIpc) is 2.20. The summed E-state index contributed by atoms with van der Waals surface area (Å²) in [5, 5.41) is 0. The normalized spacial score (nSPS) is 9.85. The van der Waals surface area contributed by atoms with Crippen LogP contribution in [0.2, 0.25) is 0 Å². The van der Waals surface area contributed by atoms with E-state index in [2.05, 4.69) is 11.1 Å². The second kappa shape index (κ2) is 3.27. The number of para-hydroxylation sites is 1. The largest absolute Gasteiger partial charge is 0.398 e. The summed E-state index contributed by atoms with van der Waals surface area (Å²) in [4.78, 5) is 3.99. The molecule has 1 heterocycles. The molecule has 2 rings (SSSR count). The van der Waals surface area contributed by atoms with E-state index in [0.717, 1.165) is 16.8 Å². The van der Waals surface area contributed by atoms with Crippen LogP contribution in [0.4, 0.5) is 5.69 Å². The molecule has 63 valence electrons. The Labute approximate surface area is 77.0 Å². The Morgan fingerprint density at radius 2 is 2.08 bits per heavy atom. The summed E-state index contributed by atoms with van der Waals surface area (Å²) in [6.45, 7) is 0. The lowest BCUT2D eigenvalue weighted by Gasteiger charge is -2.03. The molecule has 0 aliphatic rings. The highest BCUT2D eigenvalue weighted by molar-refractivity contribution is 5.75. The zero-order valence-electron chi connectivity index (χ0n) is 7.07. The van der Waals surface area contributed by atoms with E-state index in [4.69, 9.17) is 5.73 Å². The molecule has 0 aliphatic carbocycles. The van der Waals surface area contributed by atoms with Crippen LogP contribution in [-0.4, -0.2) is 4.98 Å². The first kappa shape index (κ1) is 7.80. The Morgan fingerprint density at radius 3 is 2.77 bits per heavy atom. The Balaban J connectivity index is 2.54. The number of nitrogen functional groups attached to an aromatic ring is 1. The van der Waals surface area contributed by atoms with Gasteiger partial charge in [0.1, 0.15) is 0 Å². The maximum atomic E-state index is 5.81. The van der Waals surface area contributed by atoms with Gasteiger partial charge >= 0.3 is 0 Å². The number of nitrogens with two attached hydrogens (primary N) is 1. The molecule has 0 amide bonds. The van der Waals surface area contributed by atoms with Crippen molar-refractivity contribution in [2.24, 2.45) is 0 Å². The van der Waals surface area contributed by atoms with Crippen molar-refractivity contribution >= 4 is 5.69 Å². The molecule has 0 aliphatic heterocycles. The Hall–Kier alpha value is -1.83. The van der Waals surface area contributed by atoms with Crippen molar-refractivity contribution in [3.63, 3.8) is 0 Å². The SMILES string of the molecule is Nc1ccccc1-c1c[c]cnc1. The summed E-state index contributed by atoms with van der Waals surface area (Å²) in [6.07, 6.45) is 3.41. The molecule has 2 nitrogen and oxygen atoms in total.